The van der Waals surface area contributed by atoms with Gasteiger partial charge in [0.15, 0.2) is 0 Å². The summed E-state index contributed by atoms with van der Waals surface area (Å²) in [6, 6.07) is 8.10. The van der Waals surface area contributed by atoms with Crippen LogP contribution in [0.15, 0.2) is 36.9 Å². The van der Waals surface area contributed by atoms with Crippen molar-refractivity contribution in [1.82, 2.24) is 5.32 Å². The molecule has 0 radical (unpaired) electrons. The number of carbonyl (C=O) groups is 1. The molecule has 1 N–H and O–H groups in total. The molecule has 3 heteroatoms. The summed E-state index contributed by atoms with van der Waals surface area (Å²) in [6.07, 6.45) is 1.74. The van der Waals surface area contributed by atoms with Crippen LogP contribution in [-0.2, 0) is 15.1 Å². The van der Waals surface area contributed by atoms with E-state index in [2.05, 4.69) is 37.9 Å². The Morgan fingerprint density at radius 2 is 2.00 bits per heavy atom. The molecule has 0 saturated heterocycles. The summed E-state index contributed by atoms with van der Waals surface area (Å²) < 4.78 is 5.20. The van der Waals surface area contributed by atoms with Gasteiger partial charge in [-0.05, 0) is 30.9 Å². The molecule has 0 spiro atoms. The van der Waals surface area contributed by atoms with Crippen LogP contribution >= 0.6 is 0 Å². The molecule has 3 nitrogen and oxygen atoms in total. The van der Waals surface area contributed by atoms with Crippen molar-refractivity contribution >= 4 is 5.97 Å². The van der Waals surface area contributed by atoms with Crippen molar-refractivity contribution in [3.8, 4) is 0 Å². The number of benzene rings is 1. The van der Waals surface area contributed by atoms with Gasteiger partial charge in [0.2, 0.25) is 0 Å². The first-order chi connectivity index (χ1) is 9.45. The quantitative estimate of drug-likeness (QED) is 0.612. The van der Waals surface area contributed by atoms with Gasteiger partial charge in [0.05, 0.1) is 6.61 Å². The van der Waals surface area contributed by atoms with E-state index in [9.17, 15) is 4.79 Å². The Bertz CT molecular complexity index is 451. The molecule has 0 aliphatic heterocycles. The maximum absolute atomic E-state index is 12.3. The molecule has 0 amide bonds. The van der Waals surface area contributed by atoms with Gasteiger partial charge < -0.3 is 4.74 Å². The zero-order valence-corrected chi connectivity index (χ0v) is 12.9. The van der Waals surface area contributed by atoms with Gasteiger partial charge in [0, 0.05) is 6.54 Å². The molecule has 0 bridgehead atoms. The van der Waals surface area contributed by atoms with E-state index in [4.69, 9.17) is 4.74 Å². The summed E-state index contributed by atoms with van der Waals surface area (Å²) >= 11 is 0. The van der Waals surface area contributed by atoms with Crippen molar-refractivity contribution in [2.24, 2.45) is 0 Å². The van der Waals surface area contributed by atoms with Gasteiger partial charge in [-0.3, -0.25) is 5.32 Å². The molecule has 0 aliphatic rings. The molecule has 0 heterocycles. The molecule has 1 rings (SSSR count). The lowest BCUT2D eigenvalue weighted by Crippen LogP contribution is -2.47. The third-order valence-corrected chi connectivity index (χ3v) is 3.44. The number of nitrogens with one attached hydrogen (secondary N) is 1. The molecular weight excluding hydrogens is 250 g/mol. The first-order valence-corrected chi connectivity index (χ1v) is 7.09. The SMILES string of the molecule is C=CCNC(C)(C(=O)OCC)c1ccc(C(C)C)cc1. The molecule has 20 heavy (non-hydrogen) atoms. The van der Waals surface area contributed by atoms with Crippen LogP contribution in [-0.4, -0.2) is 19.1 Å². The lowest BCUT2D eigenvalue weighted by atomic mass is 9.90. The van der Waals surface area contributed by atoms with E-state index in [0.717, 1.165) is 5.56 Å². The Labute approximate surface area is 122 Å². The van der Waals surface area contributed by atoms with Crippen LogP contribution in [0, 0.1) is 0 Å². The fourth-order valence-corrected chi connectivity index (χ4v) is 2.05. The molecule has 0 saturated carbocycles. The summed E-state index contributed by atoms with van der Waals surface area (Å²) in [5, 5.41) is 3.20. The van der Waals surface area contributed by atoms with Crippen LogP contribution in [0.25, 0.3) is 0 Å². The minimum atomic E-state index is -0.848. The summed E-state index contributed by atoms with van der Waals surface area (Å²) in [6.45, 7) is 12.6. The Morgan fingerprint density at radius 1 is 1.40 bits per heavy atom. The Hall–Kier alpha value is -1.61. The van der Waals surface area contributed by atoms with Gasteiger partial charge in [-0.1, -0.05) is 44.2 Å². The number of hydrogen-bond acceptors (Lipinski definition) is 3. The van der Waals surface area contributed by atoms with Gasteiger partial charge in [0.25, 0.3) is 0 Å². The lowest BCUT2D eigenvalue weighted by molar-refractivity contribution is -0.150. The predicted molar refractivity (Wildman–Crippen MR) is 82.7 cm³/mol. The normalized spacial score (nSPS) is 13.8. The molecule has 1 aromatic carbocycles. The monoisotopic (exact) mass is 275 g/mol. The van der Waals surface area contributed by atoms with Crippen molar-refractivity contribution in [2.45, 2.75) is 39.2 Å². The zero-order valence-electron chi connectivity index (χ0n) is 12.9. The summed E-state index contributed by atoms with van der Waals surface area (Å²) in [5.41, 5.74) is 1.31. The number of hydrogen-bond donors (Lipinski definition) is 1. The molecular formula is C17H25NO2. The highest BCUT2D eigenvalue weighted by Crippen LogP contribution is 2.25. The predicted octanol–water partition coefficient (Wildman–Crippen LogP) is 3.36. The van der Waals surface area contributed by atoms with Crippen LogP contribution in [0.1, 0.15) is 44.7 Å². The number of esters is 1. The Balaban J connectivity index is 3.09. The molecule has 0 fully saturated rings. The zero-order chi connectivity index (χ0) is 15.2. The van der Waals surface area contributed by atoms with Gasteiger partial charge >= 0.3 is 5.97 Å². The fourth-order valence-electron chi connectivity index (χ4n) is 2.05. The van der Waals surface area contributed by atoms with E-state index in [1.807, 2.05) is 26.0 Å². The maximum atomic E-state index is 12.3. The van der Waals surface area contributed by atoms with Gasteiger partial charge in [-0.15, -0.1) is 6.58 Å². The highest BCUT2D eigenvalue weighted by atomic mass is 16.5. The fraction of sp³-hybridized carbons (Fsp3) is 0.471. The topological polar surface area (TPSA) is 38.3 Å². The van der Waals surface area contributed by atoms with Crippen LogP contribution in [0.5, 0.6) is 0 Å². The smallest absolute Gasteiger partial charge is 0.330 e. The second-order valence-electron chi connectivity index (χ2n) is 5.29. The first-order valence-electron chi connectivity index (χ1n) is 7.09. The van der Waals surface area contributed by atoms with E-state index < -0.39 is 5.54 Å². The van der Waals surface area contributed by atoms with Crippen LogP contribution in [0.3, 0.4) is 0 Å². The Morgan fingerprint density at radius 3 is 2.45 bits per heavy atom. The number of ether oxygens (including phenoxy) is 1. The second-order valence-corrected chi connectivity index (χ2v) is 5.29. The van der Waals surface area contributed by atoms with Crippen molar-refractivity contribution in [3.05, 3.63) is 48.0 Å². The average molecular weight is 275 g/mol. The second kappa shape index (κ2) is 7.25. The largest absolute Gasteiger partial charge is 0.464 e. The van der Waals surface area contributed by atoms with Crippen molar-refractivity contribution in [1.29, 1.82) is 0 Å². The van der Waals surface area contributed by atoms with E-state index >= 15 is 0 Å². The molecule has 0 aliphatic carbocycles. The molecule has 0 aromatic heterocycles. The van der Waals surface area contributed by atoms with Crippen molar-refractivity contribution in [2.75, 3.05) is 13.2 Å². The van der Waals surface area contributed by atoms with Gasteiger partial charge in [-0.2, -0.15) is 0 Å². The lowest BCUT2D eigenvalue weighted by Gasteiger charge is -2.29. The third kappa shape index (κ3) is 3.70. The van der Waals surface area contributed by atoms with Crippen LogP contribution in [0.2, 0.25) is 0 Å². The molecule has 1 aromatic rings. The molecule has 1 atom stereocenters. The highest BCUT2D eigenvalue weighted by Gasteiger charge is 2.35. The third-order valence-electron chi connectivity index (χ3n) is 3.44. The summed E-state index contributed by atoms with van der Waals surface area (Å²) in [4.78, 5) is 12.3. The van der Waals surface area contributed by atoms with Crippen molar-refractivity contribution in [3.63, 3.8) is 0 Å². The summed E-state index contributed by atoms with van der Waals surface area (Å²) in [7, 11) is 0. The minimum absolute atomic E-state index is 0.265. The van der Waals surface area contributed by atoms with Crippen LogP contribution < -0.4 is 5.32 Å². The highest BCUT2D eigenvalue weighted by molar-refractivity contribution is 5.82. The average Bonchev–Trinajstić information content (AvgIpc) is 2.45. The first kappa shape index (κ1) is 16.4. The minimum Gasteiger partial charge on any atom is -0.464 e. The molecule has 1 unspecified atom stereocenters. The number of rotatable bonds is 7. The van der Waals surface area contributed by atoms with Crippen molar-refractivity contribution < 1.29 is 9.53 Å². The van der Waals surface area contributed by atoms with E-state index in [1.54, 1.807) is 6.08 Å². The summed E-state index contributed by atoms with van der Waals surface area (Å²) in [5.74, 6) is 0.207. The van der Waals surface area contributed by atoms with E-state index in [1.165, 1.54) is 5.56 Å². The van der Waals surface area contributed by atoms with Crippen LogP contribution in [0.4, 0.5) is 0 Å². The maximum Gasteiger partial charge on any atom is 0.330 e. The van der Waals surface area contributed by atoms with E-state index in [-0.39, 0.29) is 5.97 Å². The van der Waals surface area contributed by atoms with Gasteiger partial charge in [0.1, 0.15) is 5.54 Å². The standard InChI is InChI=1S/C17H25NO2/c1-6-12-18-17(5,16(19)20-7-2)15-10-8-14(9-11-15)13(3)4/h6,8-11,13,18H,1,7,12H2,2-5H3. The number of carbonyl (C=O) groups excluding carboxylic acids is 1. The molecule has 110 valence electrons. The van der Waals surface area contributed by atoms with Gasteiger partial charge in [-0.25, -0.2) is 4.79 Å². The Kier molecular flexibility index (Phi) is 5.96. The van der Waals surface area contributed by atoms with E-state index in [0.29, 0.717) is 19.1 Å².